The largest absolute Gasteiger partial charge is 0.242 e. The van der Waals surface area contributed by atoms with E-state index in [0.717, 1.165) is 11.1 Å². The Kier molecular flexibility index (Phi) is 4.45. The van der Waals surface area contributed by atoms with Crippen LogP contribution in [0, 0.1) is 5.92 Å². The van der Waals surface area contributed by atoms with Gasteiger partial charge in [0.25, 0.3) is 0 Å². The molecule has 1 aromatic rings. The van der Waals surface area contributed by atoms with Gasteiger partial charge in [-0.15, -0.1) is 0 Å². The molecular formula is C17H17ClFNO2S. The predicted molar refractivity (Wildman–Crippen MR) is 90.3 cm³/mol. The van der Waals surface area contributed by atoms with Gasteiger partial charge < -0.3 is 0 Å². The molecule has 1 aliphatic carbocycles. The number of hydrogen-bond acceptors (Lipinski definition) is 2. The molecular weight excluding hydrogens is 337 g/mol. The third-order valence-corrected chi connectivity index (χ3v) is 5.60. The van der Waals surface area contributed by atoms with Crippen molar-refractivity contribution in [2.75, 3.05) is 12.8 Å². The summed E-state index contributed by atoms with van der Waals surface area (Å²) in [5.74, 6) is -0.523. The zero-order valence-electron chi connectivity index (χ0n) is 12.6. The van der Waals surface area contributed by atoms with Crippen LogP contribution in [0.25, 0.3) is 0 Å². The fourth-order valence-electron chi connectivity index (χ4n) is 3.00. The Morgan fingerprint density at radius 2 is 1.91 bits per heavy atom. The molecule has 23 heavy (non-hydrogen) atoms. The van der Waals surface area contributed by atoms with E-state index in [9.17, 15) is 12.8 Å². The molecule has 3 rings (SSSR count). The second kappa shape index (κ2) is 6.23. The highest BCUT2D eigenvalue weighted by molar-refractivity contribution is 7.88. The van der Waals surface area contributed by atoms with Crippen LogP contribution in [0.4, 0.5) is 4.39 Å². The zero-order chi connectivity index (χ0) is 16.6. The summed E-state index contributed by atoms with van der Waals surface area (Å²) in [5, 5.41) is 0.471. The molecule has 6 heteroatoms. The van der Waals surface area contributed by atoms with Gasteiger partial charge in [-0.25, -0.2) is 12.8 Å². The minimum Gasteiger partial charge on any atom is -0.242 e. The maximum atomic E-state index is 14.2. The van der Waals surface area contributed by atoms with Crippen LogP contribution in [-0.4, -0.2) is 31.7 Å². The molecule has 0 aromatic heterocycles. The fraction of sp³-hybridized carbons (Fsp3) is 0.294. The van der Waals surface area contributed by atoms with E-state index in [0.29, 0.717) is 5.03 Å². The molecule has 0 bridgehead atoms. The lowest BCUT2D eigenvalue weighted by atomic mass is 9.90. The number of sulfonamides is 1. The Bertz CT molecular complexity index is 786. The molecule has 0 amide bonds. The molecule has 3 nitrogen and oxygen atoms in total. The van der Waals surface area contributed by atoms with Crippen molar-refractivity contribution in [1.29, 1.82) is 0 Å². The topological polar surface area (TPSA) is 37.4 Å². The van der Waals surface area contributed by atoms with Crippen molar-refractivity contribution in [2.24, 2.45) is 5.92 Å². The number of halogens is 2. The van der Waals surface area contributed by atoms with Gasteiger partial charge in [-0.05, 0) is 23.3 Å². The van der Waals surface area contributed by atoms with Crippen LogP contribution >= 0.6 is 11.6 Å². The first-order valence-electron chi connectivity index (χ1n) is 7.28. The molecule has 0 radical (unpaired) electrons. The molecule has 0 N–H and O–H groups in total. The smallest absolute Gasteiger partial charge is 0.212 e. The van der Waals surface area contributed by atoms with Crippen molar-refractivity contribution < 1.29 is 12.8 Å². The number of nitrogens with zero attached hydrogens (tertiary/aromatic N) is 1. The number of benzene rings is 1. The maximum absolute atomic E-state index is 14.2. The van der Waals surface area contributed by atoms with E-state index in [4.69, 9.17) is 11.6 Å². The first kappa shape index (κ1) is 16.4. The molecule has 2 aliphatic rings. The summed E-state index contributed by atoms with van der Waals surface area (Å²) in [6.45, 7) is 0.179. The van der Waals surface area contributed by atoms with E-state index in [-0.39, 0.29) is 6.54 Å². The minimum atomic E-state index is -3.42. The molecule has 3 atom stereocenters. The van der Waals surface area contributed by atoms with Crippen molar-refractivity contribution in [1.82, 2.24) is 4.31 Å². The standard InChI is InChI=1S/C17H17ClFNO2S/c1-23(21,22)20-11-13(15-10-14(18)7-8-16(15)19)9-17(20)12-5-3-2-4-6-12/h2-10,15-17H,11H2,1H3. The van der Waals surface area contributed by atoms with E-state index >= 15 is 0 Å². The maximum Gasteiger partial charge on any atom is 0.212 e. The molecule has 1 aromatic carbocycles. The van der Waals surface area contributed by atoms with Crippen LogP contribution in [-0.2, 0) is 10.0 Å². The Morgan fingerprint density at radius 1 is 1.22 bits per heavy atom. The van der Waals surface area contributed by atoms with Crippen molar-refractivity contribution >= 4 is 21.6 Å². The lowest BCUT2D eigenvalue weighted by Gasteiger charge is -2.23. The second-order valence-electron chi connectivity index (χ2n) is 5.79. The number of alkyl halides is 1. The monoisotopic (exact) mass is 353 g/mol. The predicted octanol–water partition coefficient (Wildman–Crippen LogP) is 3.58. The van der Waals surface area contributed by atoms with E-state index in [1.165, 1.54) is 22.7 Å². The summed E-state index contributed by atoms with van der Waals surface area (Å²) in [5.41, 5.74) is 1.60. The Morgan fingerprint density at radius 3 is 2.57 bits per heavy atom. The molecule has 122 valence electrons. The van der Waals surface area contributed by atoms with Crippen molar-refractivity contribution in [3.8, 4) is 0 Å². The molecule has 1 aliphatic heterocycles. The summed E-state index contributed by atoms with van der Waals surface area (Å²) in [6, 6.07) is 8.93. The highest BCUT2D eigenvalue weighted by Crippen LogP contribution is 2.38. The summed E-state index contributed by atoms with van der Waals surface area (Å²) in [6.07, 6.45) is 6.41. The molecule has 0 fully saturated rings. The van der Waals surface area contributed by atoms with E-state index in [2.05, 4.69) is 0 Å². The molecule has 3 unspecified atom stereocenters. The highest BCUT2D eigenvalue weighted by atomic mass is 35.5. The molecule has 1 heterocycles. The third-order valence-electron chi connectivity index (χ3n) is 4.14. The summed E-state index contributed by atoms with van der Waals surface area (Å²) in [7, 11) is -3.42. The van der Waals surface area contributed by atoms with E-state index in [1.54, 1.807) is 6.08 Å². The number of hydrogen-bond donors (Lipinski definition) is 0. The zero-order valence-corrected chi connectivity index (χ0v) is 14.1. The van der Waals surface area contributed by atoms with Gasteiger partial charge in [0, 0.05) is 17.5 Å². The van der Waals surface area contributed by atoms with Gasteiger partial charge in [0.15, 0.2) is 0 Å². The van der Waals surface area contributed by atoms with Crippen LogP contribution in [0.1, 0.15) is 11.6 Å². The first-order valence-corrected chi connectivity index (χ1v) is 9.51. The number of allylic oxidation sites excluding steroid dienone is 4. The highest BCUT2D eigenvalue weighted by Gasteiger charge is 2.37. The number of rotatable bonds is 3. The van der Waals surface area contributed by atoms with Crippen molar-refractivity contribution in [2.45, 2.75) is 12.2 Å². The SMILES string of the molecule is CS(=O)(=O)N1CC(C2C=C(Cl)C=CC2F)=CC1c1ccccc1. The van der Waals surface area contributed by atoms with Crippen LogP contribution in [0.2, 0.25) is 0 Å². The van der Waals surface area contributed by atoms with E-state index in [1.807, 2.05) is 36.4 Å². The van der Waals surface area contributed by atoms with Crippen LogP contribution < -0.4 is 0 Å². The van der Waals surface area contributed by atoms with Crippen molar-refractivity contribution in [3.05, 3.63) is 70.8 Å². The lowest BCUT2D eigenvalue weighted by Crippen LogP contribution is -2.31. The van der Waals surface area contributed by atoms with Crippen LogP contribution in [0.5, 0.6) is 0 Å². The summed E-state index contributed by atoms with van der Waals surface area (Å²) >= 11 is 5.98. The summed E-state index contributed by atoms with van der Waals surface area (Å²) < 4.78 is 39.9. The minimum absolute atomic E-state index is 0.179. The quantitative estimate of drug-likeness (QED) is 0.779. The van der Waals surface area contributed by atoms with Gasteiger partial charge >= 0.3 is 0 Å². The Balaban J connectivity index is 1.99. The Hall–Kier alpha value is -1.43. The normalized spacial score (nSPS) is 28.6. The average molecular weight is 354 g/mol. The van der Waals surface area contributed by atoms with Crippen LogP contribution in [0.15, 0.2) is 65.2 Å². The lowest BCUT2D eigenvalue weighted by molar-refractivity contribution is 0.336. The fourth-order valence-corrected chi connectivity index (χ4v) is 4.19. The first-order chi connectivity index (χ1) is 10.9. The Labute approximate surface area is 140 Å². The second-order valence-corrected chi connectivity index (χ2v) is 8.16. The van der Waals surface area contributed by atoms with Gasteiger partial charge in [-0.1, -0.05) is 54.1 Å². The van der Waals surface area contributed by atoms with Gasteiger partial charge in [-0.2, -0.15) is 4.31 Å². The molecule has 0 spiro atoms. The van der Waals surface area contributed by atoms with Gasteiger partial charge in [0.05, 0.1) is 12.3 Å². The molecule has 0 saturated heterocycles. The molecule has 0 saturated carbocycles. The summed E-state index contributed by atoms with van der Waals surface area (Å²) in [4.78, 5) is 0. The average Bonchev–Trinajstić information content (AvgIpc) is 2.96. The van der Waals surface area contributed by atoms with Gasteiger partial charge in [0.2, 0.25) is 10.0 Å². The van der Waals surface area contributed by atoms with Gasteiger partial charge in [0.1, 0.15) is 6.17 Å². The van der Waals surface area contributed by atoms with Gasteiger partial charge in [-0.3, -0.25) is 0 Å². The third kappa shape index (κ3) is 3.42. The van der Waals surface area contributed by atoms with E-state index < -0.39 is 28.2 Å². The van der Waals surface area contributed by atoms with Crippen LogP contribution in [0.3, 0.4) is 0 Å². The van der Waals surface area contributed by atoms with Crippen molar-refractivity contribution in [3.63, 3.8) is 0 Å².